The summed E-state index contributed by atoms with van der Waals surface area (Å²) in [6.07, 6.45) is 0. The van der Waals surface area contributed by atoms with Gasteiger partial charge in [0, 0.05) is 45.8 Å². The smallest absolute Gasteiger partial charge is 0.237 e. The van der Waals surface area contributed by atoms with Crippen molar-refractivity contribution in [3.8, 4) is 0 Å². The molecule has 100 valence electrons. The standard InChI is InChI=1S/C12H26N4O/c1-4-14-12(17)11(2)15(3)9-10-16-7-5-13-6-8-16/h11,13H,4-10H2,1-3H3,(H,14,17). The number of likely N-dealkylation sites (N-methyl/N-ethyl adjacent to an activating group) is 2. The van der Waals surface area contributed by atoms with Gasteiger partial charge in [0.15, 0.2) is 0 Å². The van der Waals surface area contributed by atoms with Crippen LogP contribution in [-0.4, -0.2) is 74.6 Å². The molecule has 0 radical (unpaired) electrons. The summed E-state index contributed by atoms with van der Waals surface area (Å²) in [5.41, 5.74) is 0. The molecule has 5 heteroatoms. The Morgan fingerprint density at radius 2 is 2.12 bits per heavy atom. The number of piperazine rings is 1. The highest BCUT2D eigenvalue weighted by Crippen LogP contribution is 1.98. The highest BCUT2D eigenvalue weighted by Gasteiger charge is 2.18. The zero-order chi connectivity index (χ0) is 12.7. The maximum Gasteiger partial charge on any atom is 0.237 e. The summed E-state index contributed by atoms with van der Waals surface area (Å²) in [7, 11) is 2.02. The molecule has 0 aliphatic carbocycles. The van der Waals surface area contributed by atoms with Crippen LogP contribution in [-0.2, 0) is 4.79 Å². The molecule has 0 aromatic carbocycles. The van der Waals surface area contributed by atoms with Crippen molar-refractivity contribution in [3.05, 3.63) is 0 Å². The predicted molar refractivity (Wildman–Crippen MR) is 70.1 cm³/mol. The average Bonchev–Trinajstić information content (AvgIpc) is 2.36. The van der Waals surface area contributed by atoms with Crippen molar-refractivity contribution < 1.29 is 4.79 Å². The van der Waals surface area contributed by atoms with Crippen molar-refractivity contribution in [1.82, 2.24) is 20.4 Å². The highest BCUT2D eigenvalue weighted by atomic mass is 16.2. The van der Waals surface area contributed by atoms with Crippen LogP contribution in [0.25, 0.3) is 0 Å². The third-order valence-corrected chi connectivity index (χ3v) is 3.37. The molecule has 0 bridgehead atoms. The number of carbonyl (C=O) groups is 1. The summed E-state index contributed by atoms with van der Waals surface area (Å²) in [5.74, 6) is 0.121. The van der Waals surface area contributed by atoms with E-state index in [1.165, 1.54) is 0 Å². The Labute approximate surface area is 105 Å². The van der Waals surface area contributed by atoms with Crippen LogP contribution in [0, 0.1) is 0 Å². The van der Waals surface area contributed by atoms with Crippen LogP contribution in [0.15, 0.2) is 0 Å². The van der Waals surface area contributed by atoms with E-state index in [-0.39, 0.29) is 11.9 Å². The Kier molecular flexibility index (Phi) is 6.47. The number of hydrogen-bond donors (Lipinski definition) is 2. The van der Waals surface area contributed by atoms with Gasteiger partial charge in [0.1, 0.15) is 0 Å². The van der Waals surface area contributed by atoms with Crippen molar-refractivity contribution in [3.63, 3.8) is 0 Å². The van der Waals surface area contributed by atoms with E-state index >= 15 is 0 Å². The van der Waals surface area contributed by atoms with Crippen molar-refractivity contribution in [2.75, 3.05) is 52.9 Å². The van der Waals surface area contributed by atoms with Crippen LogP contribution in [0.2, 0.25) is 0 Å². The molecule has 1 aliphatic heterocycles. The van der Waals surface area contributed by atoms with Gasteiger partial charge in [-0.1, -0.05) is 0 Å². The molecule has 0 aromatic rings. The lowest BCUT2D eigenvalue weighted by Gasteiger charge is -2.30. The van der Waals surface area contributed by atoms with Crippen LogP contribution in [0.3, 0.4) is 0 Å². The topological polar surface area (TPSA) is 47.6 Å². The zero-order valence-corrected chi connectivity index (χ0v) is 11.3. The lowest BCUT2D eigenvalue weighted by atomic mass is 10.2. The van der Waals surface area contributed by atoms with Crippen LogP contribution >= 0.6 is 0 Å². The van der Waals surface area contributed by atoms with Crippen LogP contribution in [0.5, 0.6) is 0 Å². The Bertz CT molecular complexity index is 229. The third-order valence-electron chi connectivity index (χ3n) is 3.37. The molecule has 0 spiro atoms. The first-order valence-corrected chi connectivity index (χ1v) is 6.56. The fraction of sp³-hybridized carbons (Fsp3) is 0.917. The largest absolute Gasteiger partial charge is 0.355 e. The molecule has 1 amide bonds. The van der Waals surface area contributed by atoms with Crippen LogP contribution in [0.4, 0.5) is 0 Å². The summed E-state index contributed by atoms with van der Waals surface area (Å²) in [6, 6.07) is -0.0436. The van der Waals surface area contributed by atoms with Gasteiger partial charge in [-0.3, -0.25) is 14.6 Å². The fourth-order valence-corrected chi connectivity index (χ4v) is 1.95. The van der Waals surface area contributed by atoms with E-state index in [4.69, 9.17) is 0 Å². The Hall–Kier alpha value is -0.650. The fourth-order valence-electron chi connectivity index (χ4n) is 1.95. The van der Waals surface area contributed by atoms with Gasteiger partial charge in [0.2, 0.25) is 5.91 Å². The van der Waals surface area contributed by atoms with Gasteiger partial charge < -0.3 is 10.6 Å². The Morgan fingerprint density at radius 1 is 1.47 bits per heavy atom. The molecular weight excluding hydrogens is 216 g/mol. The van der Waals surface area contributed by atoms with Gasteiger partial charge in [-0.15, -0.1) is 0 Å². The minimum Gasteiger partial charge on any atom is -0.355 e. The second kappa shape index (κ2) is 7.63. The van der Waals surface area contributed by atoms with E-state index in [9.17, 15) is 4.79 Å². The molecule has 2 N–H and O–H groups in total. The first-order chi connectivity index (χ1) is 8.15. The van der Waals surface area contributed by atoms with Gasteiger partial charge in [-0.2, -0.15) is 0 Å². The third kappa shape index (κ3) is 5.02. The molecule has 1 aliphatic rings. The summed E-state index contributed by atoms with van der Waals surface area (Å²) >= 11 is 0. The lowest BCUT2D eigenvalue weighted by molar-refractivity contribution is -0.125. The number of hydrogen-bond acceptors (Lipinski definition) is 4. The maximum absolute atomic E-state index is 11.7. The maximum atomic E-state index is 11.7. The van der Waals surface area contributed by atoms with E-state index in [0.29, 0.717) is 6.54 Å². The number of nitrogens with zero attached hydrogens (tertiary/aromatic N) is 2. The predicted octanol–water partition coefficient (Wildman–Crippen LogP) is -0.652. The molecule has 1 saturated heterocycles. The monoisotopic (exact) mass is 242 g/mol. The zero-order valence-electron chi connectivity index (χ0n) is 11.3. The second-order valence-corrected chi connectivity index (χ2v) is 4.64. The van der Waals surface area contributed by atoms with Gasteiger partial charge >= 0.3 is 0 Å². The number of amides is 1. The molecule has 0 saturated carbocycles. The molecule has 17 heavy (non-hydrogen) atoms. The molecule has 1 unspecified atom stereocenters. The number of carbonyl (C=O) groups excluding carboxylic acids is 1. The summed E-state index contributed by atoms with van der Waals surface area (Å²) in [6.45, 7) is 11.0. The molecule has 5 nitrogen and oxygen atoms in total. The van der Waals surface area contributed by atoms with Gasteiger partial charge in [0.25, 0.3) is 0 Å². The van der Waals surface area contributed by atoms with E-state index in [1.807, 2.05) is 20.9 Å². The first kappa shape index (κ1) is 14.4. The van der Waals surface area contributed by atoms with Crippen LogP contribution in [0.1, 0.15) is 13.8 Å². The molecule has 1 fully saturated rings. The lowest BCUT2D eigenvalue weighted by Crippen LogP contribution is -2.49. The van der Waals surface area contributed by atoms with E-state index in [0.717, 1.165) is 39.3 Å². The minimum absolute atomic E-state index is 0.0436. The SMILES string of the molecule is CCNC(=O)C(C)N(C)CCN1CCNCC1. The quantitative estimate of drug-likeness (QED) is 0.650. The van der Waals surface area contributed by atoms with Crippen molar-refractivity contribution in [2.45, 2.75) is 19.9 Å². The number of nitrogens with one attached hydrogen (secondary N) is 2. The Balaban J connectivity index is 2.22. The molecule has 1 atom stereocenters. The molecule has 1 heterocycles. The highest BCUT2D eigenvalue weighted by molar-refractivity contribution is 5.81. The Morgan fingerprint density at radius 3 is 2.71 bits per heavy atom. The summed E-state index contributed by atoms with van der Waals surface area (Å²) < 4.78 is 0. The normalized spacial score (nSPS) is 19.3. The summed E-state index contributed by atoms with van der Waals surface area (Å²) in [5, 5.41) is 6.20. The van der Waals surface area contributed by atoms with E-state index in [1.54, 1.807) is 0 Å². The van der Waals surface area contributed by atoms with Crippen molar-refractivity contribution >= 4 is 5.91 Å². The molecular formula is C12H26N4O. The number of rotatable bonds is 6. The van der Waals surface area contributed by atoms with Gasteiger partial charge in [-0.25, -0.2) is 0 Å². The first-order valence-electron chi connectivity index (χ1n) is 6.56. The molecule has 0 aromatic heterocycles. The average molecular weight is 242 g/mol. The molecule has 1 rings (SSSR count). The van der Waals surface area contributed by atoms with Crippen molar-refractivity contribution in [2.24, 2.45) is 0 Å². The van der Waals surface area contributed by atoms with Crippen molar-refractivity contribution in [1.29, 1.82) is 0 Å². The minimum atomic E-state index is -0.0436. The summed E-state index contributed by atoms with van der Waals surface area (Å²) in [4.78, 5) is 16.2. The van der Waals surface area contributed by atoms with Crippen LogP contribution < -0.4 is 10.6 Å². The van der Waals surface area contributed by atoms with E-state index in [2.05, 4.69) is 20.4 Å². The van der Waals surface area contributed by atoms with Gasteiger partial charge in [0.05, 0.1) is 6.04 Å². The van der Waals surface area contributed by atoms with Gasteiger partial charge in [-0.05, 0) is 20.9 Å². The van der Waals surface area contributed by atoms with E-state index < -0.39 is 0 Å². The second-order valence-electron chi connectivity index (χ2n) is 4.64.